The van der Waals surface area contributed by atoms with Crippen LogP contribution in [0.2, 0.25) is 0 Å². The maximum atomic E-state index is 12.4. The first kappa shape index (κ1) is 17.0. The predicted molar refractivity (Wildman–Crippen MR) is 85.6 cm³/mol. The van der Waals surface area contributed by atoms with E-state index in [9.17, 15) is 9.59 Å². The lowest BCUT2D eigenvalue weighted by Crippen LogP contribution is -2.47. The molecule has 23 heavy (non-hydrogen) atoms. The average molecular weight is 315 g/mol. The summed E-state index contributed by atoms with van der Waals surface area (Å²) in [5.41, 5.74) is -0.279. The molecule has 1 fully saturated rings. The molecule has 0 spiro atoms. The molecule has 0 saturated carbocycles. The maximum absolute atomic E-state index is 12.4. The van der Waals surface area contributed by atoms with Crippen LogP contribution < -0.4 is 10.6 Å². The van der Waals surface area contributed by atoms with Gasteiger partial charge in [0.1, 0.15) is 5.41 Å². The van der Waals surface area contributed by atoms with Crippen LogP contribution in [0, 0.1) is 16.7 Å². The Morgan fingerprint density at radius 2 is 2.17 bits per heavy atom. The van der Waals surface area contributed by atoms with Crippen molar-refractivity contribution in [2.24, 2.45) is 5.41 Å². The summed E-state index contributed by atoms with van der Waals surface area (Å²) >= 11 is 0. The van der Waals surface area contributed by atoms with Crippen molar-refractivity contribution in [1.29, 1.82) is 5.26 Å². The van der Waals surface area contributed by atoms with E-state index in [1.54, 1.807) is 38.1 Å². The summed E-state index contributed by atoms with van der Waals surface area (Å²) in [5, 5.41) is 14.3. The molecule has 1 aromatic rings. The minimum absolute atomic E-state index is 0.0325. The number of nitrogens with one attached hydrogen (secondary N) is 2. The van der Waals surface area contributed by atoms with E-state index in [4.69, 9.17) is 10.00 Å². The smallest absolute Gasteiger partial charge is 0.239 e. The molecule has 2 N–H and O–H groups in total. The van der Waals surface area contributed by atoms with Crippen LogP contribution in [0.1, 0.15) is 32.3 Å². The molecule has 0 bridgehead atoms. The molecule has 0 aliphatic carbocycles. The highest BCUT2D eigenvalue weighted by Gasteiger charge is 2.36. The van der Waals surface area contributed by atoms with Crippen LogP contribution in [0.5, 0.6) is 0 Å². The summed E-state index contributed by atoms with van der Waals surface area (Å²) in [6, 6.07) is 8.58. The molecule has 6 nitrogen and oxygen atoms in total. The van der Waals surface area contributed by atoms with Gasteiger partial charge in [-0.15, -0.1) is 0 Å². The molecule has 0 radical (unpaired) electrons. The highest BCUT2D eigenvalue weighted by atomic mass is 16.5. The third-order valence-electron chi connectivity index (χ3n) is 3.90. The number of nitrogens with zero attached hydrogens (tertiary/aromatic N) is 1. The van der Waals surface area contributed by atoms with Crippen LogP contribution in [-0.2, 0) is 14.3 Å². The van der Waals surface area contributed by atoms with Gasteiger partial charge in [0.25, 0.3) is 0 Å². The summed E-state index contributed by atoms with van der Waals surface area (Å²) in [6.07, 6.45) is 1.96. The molecule has 6 heteroatoms. The molecule has 1 heterocycles. The zero-order chi connectivity index (χ0) is 16.9. The second-order valence-electron chi connectivity index (χ2n) is 6.12. The van der Waals surface area contributed by atoms with Gasteiger partial charge in [-0.05, 0) is 44.9 Å². The summed E-state index contributed by atoms with van der Waals surface area (Å²) in [5.74, 6) is -0.764. The van der Waals surface area contributed by atoms with Crippen LogP contribution >= 0.6 is 0 Å². The van der Waals surface area contributed by atoms with E-state index in [0.717, 1.165) is 19.4 Å². The highest BCUT2D eigenvalue weighted by Crippen LogP contribution is 2.20. The lowest BCUT2D eigenvalue weighted by molar-refractivity contribution is -0.138. The van der Waals surface area contributed by atoms with Gasteiger partial charge in [0.2, 0.25) is 11.8 Å². The Morgan fingerprint density at radius 3 is 2.83 bits per heavy atom. The molecular formula is C17H21N3O3. The van der Waals surface area contributed by atoms with Crippen LogP contribution in [0.4, 0.5) is 5.69 Å². The fourth-order valence-electron chi connectivity index (χ4n) is 2.29. The van der Waals surface area contributed by atoms with E-state index < -0.39 is 11.3 Å². The molecule has 1 unspecified atom stereocenters. The summed E-state index contributed by atoms with van der Waals surface area (Å²) < 4.78 is 5.45. The van der Waals surface area contributed by atoms with Crippen LogP contribution in [-0.4, -0.2) is 31.1 Å². The third kappa shape index (κ3) is 4.30. The van der Waals surface area contributed by atoms with E-state index in [2.05, 4.69) is 10.6 Å². The lowest BCUT2D eigenvalue weighted by atomic mass is 9.90. The largest absolute Gasteiger partial charge is 0.376 e. The second kappa shape index (κ2) is 7.25. The van der Waals surface area contributed by atoms with Gasteiger partial charge in [-0.2, -0.15) is 5.26 Å². The van der Waals surface area contributed by atoms with Crippen molar-refractivity contribution < 1.29 is 14.3 Å². The number of ether oxygens (including phenoxy) is 1. The Kier molecular flexibility index (Phi) is 5.35. The number of nitriles is 1. The van der Waals surface area contributed by atoms with Crippen molar-refractivity contribution in [2.45, 2.75) is 32.8 Å². The Bertz CT molecular complexity index is 628. The standard InChI is InChI=1S/C17H21N3O3/c1-17(2,15(21)19-11-14-7-4-8-23-14)16(22)20-13-6-3-5-12(9-13)10-18/h3,5-6,9,14H,4,7-8,11H2,1-2H3,(H,19,21)(H,20,22). The quantitative estimate of drug-likeness (QED) is 0.811. The van der Waals surface area contributed by atoms with Crippen molar-refractivity contribution in [3.05, 3.63) is 29.8 Å². The van der Waals surface area contributed by atoms with Gasteiger partial charge in [-0.25, -0.2) is 0 Å². The fraction of sp³-hybridized carbons (Fsp3) is 0.471. The van der Waals surface area contributed by atoms with Gasteiger partial charge < -0.3 is 15.4 Å². The van der Waals surface area contributed by atoms with Crippen molar-refractivity contribution >= 4 is 17.5 Å². The zero-order valence-corrected chi connectivity index (χ0v) is 13.4. The molecular weight excluding hydrogens is 294 g/mol. The van der Waals surface area contributed by atoms with Gasteiger partial charge in [-0.1, -0.05) is 6.07 Å². The number of carbonyl (C=O) groups is 2. The number of benzene rings is 1. The first-order valence-electron chi connectivity index (χ1n) is 7.65. The van der Waals surface area contributed by atoms with Crippen molar-refractivity contribution in [2.75, 3.05) is 18.5 Å². The molecule has 1 aliphatic rings. The number of anilines is 1. The molecule has 1 saturated heterocycles. The van der Waals surface area contributed by atoms with Gasteiger partial charge >= 0.3 is 0 Å². The Balaban J connectivity index is 1.95. The van der Waals surface area contributed by atoms with Gasteiger partial charge in [-0.3, -0.25) is 9.59 Å². The molecule has 2 rings (SSSR count). The lowest BCUT2D eigenvalue weighted by Gasteiger charge is -2.23. The number of amides is 2. The molecule has 1 atom stereocenters. The molecule has 1 aliphatic heterocycles. The number of hydrogen-bond donors (Lipinski definition) is 2. The van der Waals surface area contributed by atoms with Crippen molar-refractivity contribution in [3.8, 4) is 6.07 Å². The summed E-state index contributed by atoms with van der Waals surface area (Å²) in [7, 11) is 0. The molecule has 122 valence electrons. The number of hydrogen-bond acceptors (Lipinski definition) is 4. The van der Waals surface area contributed by atoms with E-state index in [-0.39, 0.29) is 12.0 Å². The van der Waals surface area contributed by atoms with E-state index in [1.165, 1.54) is 0 Å². The van der Waals surface area contributed by atoms with Gasteiger partial charge in [0, 0.05) is 18.8 Å². The maximum Gasteiger partial charge on any atom is 0.239 e. The normalized spacial score (nSPS) is 17.3. The summed E-state index contributed by atoms with van der Waals surface area (Å²) in [4.78, 5) is 24.7. The highest BCUT2D eigenvalue weighted by molar-refractivity contribution is 6.09. The van der Waals surface area contributed by atoms with Gasteiger partial charge in [0.05, 0.1) is 17.7 Å². The first-order valence-corrected chi connectivity index (χ1v) is 7.65. The zero-order valence-electron chi connectivity index (χ0n) is 13.4. The van der Waals surface area contributed by atoms with E-state index in [0.29, 0.717) is 17.8 Å². The topological polar surface area (TPSA) is 91.2 Å². The average Bonchev–Trinajstić information content (AvgIpc) is 3.06. The first-order chi connectivity index (χ1) is 10.9. The molecule has 1 aromatic carbocycles. The van der Waals surface area contributed by atoms with Gasteiger partial charge in [0.15, 0.2) is 0 Å². The van der Waals surface area contributed by atoms with E-state index >= 15 is 0 Å². The van der Waals surface area contributed by atoms with Crippen LogP contribution in [0.15, 0.2) is 24.3 Å². The minimum atomic E-state index is -1.22. The van der Waals surface area contributed by atoms with Crippen LogP contribution in [0.3, 0.4) is 0 Å². The Hall–Kier alpha value is -2.39. The van der Waals surface area contributed by atoms with Crippen molar-refractivity contribution in [3.63, 3.8) is 0 Å². The molecule has 0 aromatic heterocycles. The van der Waals surface area contributed by atoms with E-state index in [1.807, 2.05) is 6.07 Å². The summed E-state index contributed by atoms with van der Waals surface area (Å²) in [6.45, 7) is 4.28. The predicted octanol–water partition coefficient (Wildman–Crippen LogP) is 1.82. The SMILES string of the molecule is CC(C)(C(=O)NCC1CCCO1)C(=O)Nc1cccc(C#N)c1. The Morgan fingerprint density at radius 1 is 1.39 bits per heavy atom. The monoisotopic (exact) mass is 315 g/mol. The van der Waals surface area contributed by atoms with Crippen LogP contribution in [0.25, 0.3) is 0 Å². The minimum Gasteiger partial charge on any atom is -0.376 e. The third-order valence-corrected chi connectivity index (χ3v) is 3.90. The number of carbonyl (C=O) groups excluding carboxylic acids is 2. The Labute approximate surface area is 135 Å². The fourth-order valence-corrected chi connectivity index (χ4v) is 2.29. The number of rotatable bonds is 5. The second-order valence-corrected chi connectivity index (χ2v) is 6.12. The van der Waals surface area contributed by atoms with Crippen molar-refractivity contribution in [1.82, 2.24) is 5.32 Å². The molecule has 2 amide bonds.